The number of likely N-dealkylation sites (N-methyl/N-ethyl adjacent to an activating group) is 1. The van der Waals surface area contributed by atoms with Crippen LogP contribution in [-0.2, 0) is 5.41 Å². The minimum atomic E-state index is -0.0139. The van der Waals surface area contributed by atoms with Crippen molar-refractivity contribution in [2.75, 3.05) is 63.9 Å². The number of hydrogen-bond acceptors (Lipinski definition) is 8. The summed E-state index contributed by atoms with van der Waals surface area (Å²) >= 11 is 0. The Bertz CT molecular complexity index is 1030. The van der Waals surface area contributed by atoms with Crippen molar-refractivity contribution < 1.29 is 9.47 Å². The maximum absolute atomic E-state index is 5.98. The Labute approximate surface area is 256 Å². The topological polar surface area (TPSA) is 74.8 Å². The second kappa shape index (κ2) is 15.9. The first-order valence-electron chi connectivity index (χ1n) is 16.0. The van der Waals surface area contributed by atoms with Crippen LogP contribution in [0.15, 0.2) is 36.7 Å². The van der Waals surface area contributed by atoms with Crippen LogP contribution in [0, 0.1) is 0 Å². The number of nitrogens with zero attached hydrogens (tertiary/aromatic N) is 4. The van der Waals surface area contributed by atoms with Gasteiger partial charge in [0.15, 0.2) is 0 Å². The van der Waals surface area contributed by atoms with E-state index in [1.165, 1.54) is 0 Å². The van der Waals surface area contributed by atoms with Crippen LogP contribution < -0.4 is 25.0 Å². The molecule has 2 aromatic rings. The minimum Gasteiger partial charge on any atom is -0.492 e. The minimum absolute atomic E-state index is 0.0139. The number of piperazine rings is 1. The van der Waals surface area contributed by atoms with Gasteiger partial charge in [0.2, 0.25) is 0 Å². The maximum atomic E-state index is 5.98. The first-order valence-corrected chi connectivity index (χ1v) is 16.0. The SMILES string of the molecule is CCN1CCN(c2ccc(OCCCNC(C)(C)CCC(C)(C)c3ccc(OCCCNC(C)(C)C)cn3)cn2)CC1. The zero-order valence-corrected chi connectivity index (χ0v) is 27.8. The number of pyridine rings is 2. The molecule has 42 heavy (non-hydrogen) atoms. The predicted molar refractivity (Wildman–Crippen MR) is 175 cm³/mol. The summed E-state index contributed by atoms with van der Waals surface area (Å²) in [5.74, 6) is 2.73. The molecule has 0 saturated carbocycles. The van der Waals surface area contributed by atoms with Crippen LogP contribution in [0.4, 0.5) is 5.82 Å². The van der Waals surface area contributed by atoms with E-state index in [9.17, 15) is 0 Å². The van der Waals surface area contributed by atoms with Crippen molar-refractivity contribution in [1.82, 2.24) is 25.5 Å². The number of anilines is 1. The fourth-order valence-electron chi connectivity index (χ4n) is 5.06. The standard InChI is InChI=1S/C34H58N6O2/c1-9-39-20-22-40(23-21-39)31-15-13-29(27-36-31)42-25-11-19-38-34(7,8)17-16-33(5,6)30-14-12-28(26-35-30)41-24-10-18-37-32(2,3)4/h12-15,26-27,37-38H,9-11,16-25H2,1-8H3. The molecule has 236 valence electrons. The normalized spacial score (nSPS) is 15.2. The van der Waals surface area contributed by atoms with Gasteiger partial charge in [-0.3, -0.25) is 4.98 Å². The first kappa shape index (κ1) is 34.1. The maximum Gasteiger partial charge on any atom is 0.137 e. The van der Waals surface area contributed by atoms with Gasteiger partial charge in [-0.2, -0.15) is 0 Å². The molecule has 8 heteroatoms. The molecule has 2 aromatic heterocycles. The summed E-state index contributed by atoms with van der Waals surface area (Å²) < 4.78 is 11.9. The largest absolute Gasteiger partial charge is 0.492 e. The molecule has 0 aromatic carbocycles. The van der Waals surface area contributed by atoms with Gasteiger partial charge in [0.1, 0.15) is 17.3 Å². The van der Waals surface area contributed by atoms with Gasteiger partial charge in [-0.15, -0.1) is 0 Å². The van der Waals surface area contributed by atoms with E-state index in [0.717, 1.165) is 94.5 Å². The van der Waals surface area contributed by atoms with E-state index < -0.39 is 0 Å². The number of rotatable bonds is 17. The second-order valence-corrected chi connectivity index (χ2v) is 13.9. The smallest absolute Gasteiger partial charge is 0.137 e. The molecule has 0 aliphatic carbocycles. The van der Waals surface area contributed by atoms with Gasteiger partial charge >= 0.3 is 0 Å². The second-order valence-electron chi connectivity index (χ2n) is 13.9. The van der Waals surface area contributed by atoms with E-state index in [-0.39, 0.29) is 16.5 Å². The Morgan fingerprint density at radius 1 is 0.738 bits per heavy atom. The van der Waals surface area contributed by atoms with Crippen molar-refractivity contribution in [3.8, 4) is 11.5 Å². The molecule has 8 nitrogen and oxygen atoms in total. The number of nitrogens with one attached hydrogen (secondary N) is 2. The van der Waals surface area contributed by atoms with Gasteiger partial charge in [0.05, 0.1) is 25.6 Å². The quantitative estimate of drug-likeness (QED) is 0.231. The molecule has 1 saturated heterocycles. The van der Waals surface area contributed by atoms with E-state index in [4.69, 9.17) is 14.5 Å². The summed E-state index contributed by atoms with van der Waals surface area (Å²) in [5.41, 5.74) is 1.27. The molecule has 2 N–H and O–H groups in total. The molecule has 1 fully saturated rings. The Balaban J connectivity index is 1.31. The van der Waals surface area contributed by atoms with E-state index in [1.807, 2.05) is 18.5 Å². The first-order chi connectivity index (χ1) is 19.9. The Hall–Kier alpha value is -2.42. The van der Waals surface area contributed by atoms with Crippen LogP contribution in [0.3, 0.4) is 0 Å². The van der Waals surface area contributed by atoms with Crippen molar-refractivity contribution in [2.45, 2.75) is 97.6 Å². The lowest BCUT2D eigenvalue weighted by Crippen LogP contribution is -2.46. The summed E-state index contributed by atoms with van der Waals surface area (Å²) in [6, 6.07) is 8.31. The lowest BCUT2D eigenvalue weighted by atomic mass is 9.80. The van der Waals surface area contributed by atoms with Crippen molar-refractivity contribution in [2.24, 2.45) is 0 Å². The lowest BCUT2D eigenvalue weighted by Gasteiger charge is -2.34. The monoisotopic (exact) mass is 582 g/mol. The molecular weight excluding hydrogens is 524 g/mol. The number of aromatic nitrogens is 2. The third kappa shape index (κ3) is 12.1. The third-order valence-electron chi connectivity index (χ3n) is 8.11. The molecule has 0 bridgehead atoms. The zero-order valence-electron chi connectivity index (χ0n) is 27.8. The molecule has 0 unspecified atom stereocenters. The van der Waals surface area contributed by atoms with Gasteiger partial charge in [0, 0.05) is 48.4 Å². The molecule has 3 heterocycles. The van der Waals surface area contributed by atoms with Crippen molar-refractivity contribution in [3.63, 3.8) is 0 Å². The van der Waals surface area contributed by atoms with Crippen LogP contribution in [0.25, 0.3) is 0 Å². The molecule has 3 rings (SSSR count). The van der Waals surface area contributed by atoms with Gasteiger partial charge < -0.3 is 29.9 Å². The van der Waals surface area contributed by atoms with Gasteiger partial charge in [0.25, 0.3) is 0 Å². The molecule has 1 aliphatic heterocycles. The summed E-state index contributed by atoms with van der Waals surface area (Å²) in [6.45, 7) is 26.5. The summed E-state index contributed by atoms with van der Waals surface area (Å²) in [4.78, 5) is 14.2. The average Bonchev–Trinajstić information content (AvgIpc) is 2.96. The van der Waals surface area contributed by atoms with E-state index >= 15 is 0 Å². The molecule has 0 radical (unpaired) electrons. The van der Waals surface area contributed by atoms with Crippen molar-refractivity contribution in [3.05, 3.63) is 42.4 Å². The van der Waals surface area contributed by atoms with Crippen molar-refractivity contribution in [1.29, 1.82) is 0 Å². The molecular formula is C34H58N6O2. The predicted octanol–water partition coefficient (Wildman–Crippen LogP) is 5.67. The highest BCUT2D eigenvalue weighted by Crippen LogP contribution is 2.30. The Morgan fingerprint density at radius 3 is 1.86 bits per heavy atom. The highest BCUT2D eigenvalue weighted by molar-refractivity contribution is 5.41. The fraction of sp³-hybridized carbons (Fsp3) is 0.706. The van der Waals surface area contributed by atoms with Crippen molar-refractivity contribution >= 4 is 5.82 Å². The molecule has 0 amide bonds. The summed E-state index contributed by atoms with van der Waals surface area (Å²) in [5, 5.41) is 7.22. The highest BCUT2D eigenvalue weighted by atomic mass is 16.5. The summed E-state index contributed by atoms with van der Waals surface area (Å²) in [7, 11) is 0. The number of ether oxygens (including phenoxy) is 2. The zero-order chi connectivity index (χ0) is 30.6. The van der Waals surface area contributed by atoms with Crippen LogP contribution in [0.2, 0.25) is 0 Å². The molecule has 0 atom stereocenters. The summed E-state index contributed by atoms with van der Waals surface area (Å²) in [6.07, 6.45) is 7.75. The van der Waals surface area contributed by atoms with Crippen LogP contribution in [-0.4, -0.2) is 85.0 Å². The van der Waals surface area contributed by atoms with Gasteiger partial charge in [-0.25, -0.2) is 4.98 Å². The average molecular weight is 583 g/mol. The highest BCUT2D eigenvalue weighted by Gasteiger charge is 2.26. The fourth-order valence-corrected chi connectivity index (χ4v) is 5.06. The van der Waals surface area contributed by atoms with E-state index in [1.54, 1.807) is 0 Å². The lowest BCUT2D eigenvalue weighted by molar-refractivity contribution is 0.270. The third-order valence-corrected chi connectivity index (χ3v) is 8.11. The van der Waals surface area contributed by atoms with Crippen LogP contribution >= 0.6 is 0 Å². The van der Waals surface area contributed by atoms with E-state index in [0.29, 0.717) is 13.2 Å². The van der Waals surface area contributed by atoms with Gasteiger partial charge in [-0.05, 0) is 104 Å². The number of hydrogen-bond donors (Lipinski definition) is 2. The van der Waals surface area contributed by atoms with Crippen LogP contribution in [0.1, 0.15) is 86.8 Å². The molecule has 0 spiro atoms. The molecule has 1 aliphatic rings. The van der Waals surface area contributed by atoms with Crippen LogP contribution in [0.5, 0.6) is 11.5 Å². The van der Waals surface area contributed by atoms with Gasteiger partial charge in [-0.1, -0.05) is 20.8 Å². The Morgan fingerprint density at radius 2 is 1.33 bits per heavy atom. The van der Waals surface area contributed by atoms with E-state index in [2.05, 4.69) is 99.0 Å². The Kier molecular flexibility index (Phi) is 12.9.